The molecule has 0 saturated heterocycles. The van der Waals surface area contributed by atoms with Crippen LogP contribution in [-0.2, 0) is 6.54 Å². The maximum atomic E-state index is 6.10. The quantitative estimate of drug-likeness (QED) is 0.385. The molecule has 0 saturated carbocycles. The van der Waals surface area contributed by atoms with Crippen molar-refractivity contribution >= 4 is 28.7 Å². The van der Waals surface area contributed by atoms with E-state index in [-0.39, 0.29) is 6.79 Å². The monoisotopic (exact) mass is 452 g/mol. The number of nitrogens with two attached hydrogens (primary N) is 1. The number of fused-ring (bicyclic) bond motifs is 2. The minimum absolute atomic E-state index is 0.202. The molecule has 1 aromatic carbocycles. The topological polar surface area (TPSA) is 113 Å². The number of furan rings is 1. The lowest BCUT2D eigenvalue weighted by Crippen LogP contribution is -2.21. The van der Waals surface area contributed by atoms with E-state index in [1.807, 2.05) is 31.2 Å². The molecule has 0 unspecified atom stereocenters. The third-order valence-electron chi connectivity index (χ3n) is 5.15. The SMILES string of the molecule is CCCNCCn1c(Sc2cc3c(cc2-c2ccc(C)o2)OCO3)nc2c(N)ncnc21. The summed E-state index contributed by atoms with van der Waals surface area (Å²) in [5.74, 6) is 3.36. The molecule has 0 radical (unpaired) electrons. The fraction of sp³-hybridized carbons (Fsp3) is 0.318. The van der Waals surface area contributed by atoms with Crippen LogP contribution < -0.4 is 20.5 Å². The van der Waals surface area contributed by atoms with Crippen LogP contribution in [0, 0.1) is 6.92 Å². The molecule has 1 aliphatic rings. The summed E-state index contributed by atoms with van der Waals surface area (Å²) in [5.41, 5.74) is 8.33. The average Bonchev–Trinajstić information content (AvgIpc) is 3.50. The van der Waals surface area contributed by atoms with E-state index >= 15 is 0 Å². The molecule has 0 fully saturated rings. The first-order valence-electron chi connectivity index (χ1n) is 10.5. The van der Waals surface area contributed by atoms with Crippen LogP contribution in [0.3, 0.4) is 0 Å². The molecular formula is C22H24N6O3S. The van der Waals surface area contributed by atoms with Gasteiger partial charge in [-0.15, -0.1) is 0 Å². The third-order valence-corrected chi connectivity index (χ3v) is 6.20. The lowest BCUT2D eigenvalue weighted by Gasteiger charge is -2.11. The standard InChI is InChI=1S/C22H24N6O3S/c1-3-6-24-7-8-28-21-19(20(23)25-11-26-21)27-22(28)32-18-10-17-16(29-12-30-17)9-14(18)15-5-4-13(2)31-15/h4-5,9-11,24H,3,6-8,12H2,1-2H3,(H2,23,25,26). The Morgan fingerprint density at radius 3 is 2.78 bits per heavy atom. The normalized spacial score (nSPS) is 12.7. The highest BCUT2D eigenvalue weighted by atomic mass is 32.2. The summed E-state index contributed by atoms with van der Waals surface area (Å²) in [6.07, 6.45) is 2.55. The van der Waals surface area contributed by atoms with Crippen LogP contribution in [0.1, 0.15) is 19.1 Å². The van der Waals surface area contributed by atoms with E-state index < -0.39 is 0 Å². The Morgan fingerprint density at radius 2 is 2.00 bits per heavy atom. The van der Waals surface area contributed by atoms with Crippen molar-refractivity contribution in [3.05, 3.63) is 36.4 Å². The van der Waals surface area contributed by atoms with Crippen molar-refractivity contribution in [1.82, 2.24) is 24.8 Å². The van der Waals surface area contributed by atoms with Gasteiger partial charge in [-0.05, 0) is 44.2 Å². The number of nitrogens with zero attached hydrogens (tertiary/aromatic N) is 4. The van der Waals surface area contributed by atoms with Gasteiger partial charge in [-0.3, -0.25) is 0 Å². The molecule has 0 spiro atoms. The maximum absolute atomic E-state index is 6.10. The maximum Gasteiger partial charge on any atom is 0.231 e. The Kier molecular flexibility index (Phi) is 5.62. The Labute approximate surface area is 189 Å². The number of rotatable bonds is 8. The molecule has 166 valence electrons. The molecule has 9 nitrogen and oxygen atoms in total. The van der Waals surface area contributed by atoms with Gasteiger partial charge in [-0.1, -0.05) is 18.7 Å². The molecular weight excluding hydrogens is 428 g/mol. The van der Waals surface area contributed by atoms with E-state index in [4.69, 9.17) is 24.6 Å². The highest BCUT2D eigenvalue weighted by Gasteiger charge is 2.23. The van der Waals surface area contributed by atoms with Gasteiger partial charge in [0, 0.05) is 23.5 Å². The Morgan fingerprint density at radius 1 is 1.16 bits per heavy atom. The smallest absolute Gasteiger partial charge is 0.231 e. The van der Waals surface area contributed by atoms with E-state index in [0.717, 1.165) is 52.3 Å². The molecule has 1 aliphatic heterocycles. The number of aryl methyl sites for hydroxylation is 1. The molecule has 5 rings (SSSR count). The van der Waals surface area contributed by atoms with Gasteiger partial charge in [0.2, 0.25) is 6.79 Å². The summed E-state index contributed by atoms with van der Waals surface area (Å²) in [7, 11) is 0. The summed E-state index contributed by atoms with van der Waals surface area (Å²) < 4.78 is 19.2. The van der Waals surface area contributed by atoms with Gasteiger partial charge in [0.25, 0.3) is 0 Å². The minimum Gasteiger partial charge on any atom is -0.461 e. The van der Waals surface area contributed by atoms with Crippen molar-refractivity contribution in [1.29, 1.82) is 0 Å². The number of anilines is 1. The van der Waals surface area contributed by atoms with Crippen LogP contribution in [0.4, 0.5) is 5.82 Å². The van der Waals surface area contributed by atoms with Crippen LogP contribution >= 0.6 is 11.8 Å². The van der Waals surface area contributed by atoms with Crippen molar-refractivity contribution < 1.29 is 13.9 Å². The number of hydrogen-bond acceptors (Lipinski definition) is 9. The Hall–Kier alpha value is -3.24. The zero-order chi connectivity index (χ0) is 22.1. The first kappa shape index (κ1) is 20.7. The predicted octanol–water partition coefficient (Wildman–Crippen LogP) is 3.86. The zero-order valence-electron chi connectivity index (χ0n) is 17.9. The van der Waals surface area contributed by atoms with Crippen molar-refractivity contribution in [2.24, 2.45) is 0 Å². The first-order chi connectivity index (χ1) is 15.6. The molecule has 4 aromatic rings. The molecule has 0 bridgehead atoms. The number of benzene rings is 1. The van der Waals surface area contributed by atoms with Crippen molar-refractivity contribution in [3.63, 3.8) is 0 Å². The van der Waals surface area contributed by atoms with E-state index in [9.17, 15) is 0 Å². The van der Waals surface area contributed by atoms with Gasteiger partial charge in [0.1, 0.15) is 17.8 Å². The highest BCUT2D eigenvalue weighted by molar-refractivity contribution is 7.99. The molecule has 10 heteroatoms. The lowest BCUT2D eigenvalue weighted by atomic mass is 10.1. The van der Waals surface area contributed by atoms with Crippen molar-refractivity contribution in [2.75, 3.05) is 25.6 Å². The number of ether oxygens (including phenoxy) is 2. The van der Waals surface area contributed by atoms with Crippen LogP contribution in [0.15, 0.2) is 45.1 Å². The summed E-state index contributed by atoms with van der Waals surface area (Å²) in [6, 6.07) is 7.82. The first-order valence-corrected chi connectivity index (χ1v) is 11.3. The summed E-state index contributed by atoms with van der Waals surface area (Å²) in [5, 5.41) is 4.21. The molecule has 0 atom stereocenters. The van der Waals surface area contributed by atoms with E-state index in [0.29, 0.717) is 29.4 Å². The number of nitrogen functional groups attached to an aromatic ring is 1. The summed E-state index contributed by atoms with van der Waals surface area (Å²) in [4.78, 5) is 14.3. The van der Waals surface area contributed by atoms with Gasteiger partial charge in [-0.2, -0.15) is 0 Å². The minimum atomic E-state index is 0.202. The third kappa shape index (κ3) is 3.87. The van der Waals surface area contributed by atoms with Crippen LogP contribution in [0.5, 0.6) is 11.5 Å². The van der Waals surface area contributed by atoms with Crippen LogP contribution in [0.2, 0.25) is 0 Å². The number of imidazole rings is 1. The van der Waals surface area contributed by atoms with Crippen molar-refractivity contribution in [3.8, 4) is 22.8 Å². The fourth-order valence-electron chi connectivity index (χ4n) is 3.58. The largest absolute Gasteiger partial charge is 0.461 e. The molecule has 0 aliphatic carbocycles. The molecule has 4 heterocycles. The number of nitrogens with one attached hydrogen (secondary N) is 1. The van der Waals surface area contributed by atoms with E-state index in [2.05, 4.69) is 26.8 Å². The average molecular weight is 453 g/mol. The highest BCUT2D eigenvalue weighted by Crippen LogP contribution is 2.45. The molecule has 0 amide bonds. The zero-order valence-corrected chi connectivity index (χ0v) is 18.7. The van der Waals surface area contributed by atoms with Gasteiger partial charge in [-0.25, -0.2) is 15.0 Å². The Balaban J connectivity index is 1.57. The number of aromatic nitrogens is 4. The Bertz CT molecular complexity index is 1270. The van der Waals surface area contributed by atoms with Gasteiger partial charge in [0.05, 0.1) is 0 Å². The van der Waals surface area contributed by atoms with Crippen molar-refractivity contribution in [2.45, 2.75) is 36.9 Å². The van der Waals surface area contributed by atoms with Gasteiger partial charge >= 0.3 is 0 Å². The predicted molar refractivity (Wildman–Crippen MR) is 122 cm³/mol. The van der Waals surface area contributed by atoms with Crippen LogP contribution in [0.25, 0.3) is 22.5 Å². The summed E-state index contributed by atoms with van der Waals surface area (Å²) >= 11 is 1.51. The second kappa shape index (κ2) is 8.71. The van der Waals surface area contributed by atoms with Gasteiger partial charge < -0.3 is 29.5 Å². The second-order valence-corrected chi connectivity index (χ2v) is 8.45. The molecule has 3 aromatic heterocycles. The van der Waals surface area contributed by atoms with E-state index in [1.54, 1.807) is 0 Å². The molecule has 3 N–H and O–H groups in total. The second-order valence-electron chi connectivity index (χ2n) is 7.44. The fourth-order valence-corrected chi connectivity index (χ4v) is 4.64. The lowest BCUT2D eigenvalue weighted by molar-refractivity contribution is 0.174. The summed E-state index contributed by atoms with van der Waals surface area (Å²) in [6.45, 7) is 6.72. The van der Waals surface area contributed by atoms with E-state index in [1.165, 1.54) is 18.1 Å². The molecule has 32 heavy (non-hydrogen) atoms. The van der Waals surface area contributed by atoms with Crippen LogP contribution in [-0.4, -0.2) is 39.4 Å². The van der Waals surface area contributed by atoms with Gasteiger partial charge in [0.15, 0.2) is 33.6 Å². The number of hydrogen-bond donors (Lipinski definition) is 2.